The normalized spacial score (nSPS) is 11.1. The van der Waals surface area contributed by atoms with Crippen LogP contribution in [0.15, 0.2) is 39.2 Å². The number of nitrogens with one attached hydrogen (secondary N) is 1. The molecule has 0 aromatic carbocycles. The number of hydrogen-bond acceptors (Lipinski definition) is 3. The highest BCUT2D eigenvalue weighted by molar-refractivity contribution is 14.0. The van der Waals surface area contributed by atoms with Gasteiger partial charge in [-0.3, -0.25) is 9.98 Å². The van der Waals surface area contributed by atoms with Crippen molar-refractivity contribution in [2.75, 3.05) is 20.1 Å². The number of thiophene rings is 1. The van der Waals surface area contributed by atoms with Gasteiger partial charge in [0.1, 0.15) is 0 Å². The second kappa shape index (κ2) is 11.0. The molecule has 0 radical (unpaired) electrons. The minimum atomic E-state index is 0. The summed E-state index contributed by atoms with van der Waals surface area (Å²) in [6.07, 6.45) is 2.84. The van der Waals surface area contributed by atoms with Gasteiger partial charge in [-0.05, 0) is 60.0 Å². The van der Waals surface area contributed by atoms with Gasteiger partial charge in [0.05, 0.1) is 10.3 Å². The molecule has 0 saturated heterocycles. The molecule has 2 rings (SSSR count). The summed E-state index contributed by atoms with van der Waals surface area (Å²) >= 11 is 5.27. The van der Waals surface area contributed by atoms with Crippen molar-refractivity contribution >= 4 is 57.2 Å². The van der Waals surface area contributed by atoms with Crippen molar-refractivity contribution in [2.45, 2.75) is 26.8 Å². The number of guanidine groups is 1. The summed E-state index contributed by atoms with van der Waals surface area (Å²) in [5.74, 6) is 0.942. The third-order valence-electron chi connectivity index (χ3n) is 3.35. The molecule has 0 fully saturated rings. The molecule has 0 saturated carbocycles. The maximum atomic E-state index is 4.73. The van der Waals surface area contributed by atoms with Gasteiger partial charge in [-0.2, -0.15) is 0 Å². The minimum absolute atomic E-state index is 0. The molecule has 4 nitrogen and oxygen atoms in total. The zero-order valence-corrected chi connectivity index (χ0v) is 19.0. The monoisotopic (exact) mass is 522 g/mol. The highest BCUT2D eigenvalue weighted by Crippen LogP contribution is 2.22. The van der Waals surface area contributed by atoms with E-state index in [1.807, 2.05) is 19.2 Å². The van der Waals surface area contributed by atoms with Crippen molar-refractivity contribution in [1.29, 1.82) is 0 Å². The maximum absolute atomic E-state index is 4.73. The summed E-state index contributed by atoms with van der Waals surface area (Å²) in [5, 5.41) is 3.36. The van der Waals surface area contributed by atoms with Crippen molar-refractivity contribution in [3.8, 4) is 0 Å². The predicted octanol–water partition coefficient (Wildman–Crippen LogP) is 4.47. The zero-order valence-electron chi connectivity index (χ0n) is 14.3. The Morgan fingerprint density at radius 2 is 2.12 bits per heavy atom. The molecular formula is C17H24BrIN4S. The Balaban J connectivity index is 0.00000288. The van der Waals surface area contributed by atoms with Crippen LogP contribution in [0.2, 0.25) is 0 Å². The standard InChI is InChI=1S/C17H23BrN4S.HI/c1-4-19-17(22(3)12-15-7-8-16(18)23-15)20-10-9-14-6-5-13(2)21-11-14;/h5-8,11H,4,9-10,12H2,1-3H3,(H,19,20);1H. The van der Waals surface area contributed by atoms with Crippen molar-refractivity contribution in [3.63, 3.8) is 0 Å². The molecule has 2 heterocycles. The van der Waals surface area contributed by atoms with Crippen molar-refractivity contribution in [2.24, 2.45) is 4.99 Å². The van der Waals surface area contributed by atoms with Gasteiger partial charge in [-0.25, -0.2) is 0 Å². The Morgan fingerprint density at radius 1 is 1.33 bits per heavy atom. The van der Waals surface area contributed by atoms with E-state index >= 15 is 0 Å². The smallest absolute Gasteiger partial charge is 0.193 e. The lowest BCUT2D eigenvalue weighted by Crippen LogP contribution is -2.38. The summed E-state index contributed by atoms with van der Waals surface area (Å²) in [7, 11) is 2.07. The molecule has 0 spiro atoms. The van der Waals surface area contributed by atoms with Gasteiger partial charge in [-0.1, -0.05) is 6.07 Å². The molecule has 0 aliphatic carbocycles. The van der Waals surface area contributed by atoms with Crippen LogP contribution in [0.1, 0.15) is 23.1 Å². The van der Waals surface area contributed by atoms with Crippen LogP contribution < -0.4 is 5.32 Å². The highest BCUT2D eigenvalue weighted by Gasteiger charge is 2.08. The summed E-state index contributed by atoms with van der Waals surface area (Å²) in [6, 6.07) is 8.40. The molecule has 0 amide bonds. The number of rotatable bonds is 6. The van der Waals surface area contributed by atoms with Gasteiger partial charge in [0, 0.05) is 36.9 Å². The lowest BCUT2D eigenvalue weighted by molar-refractivity contribution is 0.481. The lowest BCUT2D eigenvalue weighted by Gasteiger charge is -2.21. The quantitative estimate of drug-likeness (QED) is 0.345. The van der Waals surface area contributed by atoms with Gasteiger partial charge >= 0.3 is 0 Å². The van der Waals surface area contributed by atoms with Gasteiger partial charge in [0.2, 0.25) is 0 Å². The van der Waals surface area contributed by atoms with E-state index in [-0.39, 0.29) is 24.0 Å². The number of halogens is 2. The number of aromatic nitrogens is 1. The second-order valence-electron chi connectivity index (χ2n) is 5.36. The Labute approximate surface area is 173 Å². The van der Waals surface area contributed by atoms with Crippen molar-refractivity contribution in [3.05, 3.63) is 50.4 Å². The molecule has 0 bridgehead atoms. The SMILES string of the molecule is CCNC(=NCCc1ccc(C)nc1)N(C)Cc1ccc(Br)s1.I. The summed E-state index contributed by atoms with van der Waals surface area (Å²) in [4.78, 5) is 12.5. The Kier molecular flexibility index (Phi) is 9.84. The number of hydrogen-bond donors (Lipinski definition) is 1. The fourth-order valence-electron chi connectivity index (χ4n) is 2.15. The number of nitrogens with zero attached hydrogens (tertiary/aromatic N) is 3. The Morgan fingerprint density at radius 3 is 2.71 bits per heavy atom. The number of pyridine rings is 1. The van der Waals surface area contributed by atoms with E-state index in [4.69, 9.17) is 4.99 Å². The molecule has 0 atom stereocenters. The first-order valence-corrected chi connectivity index (χ1v) is 9.34. The van der Waals surface area contributed by atoms with Gasteiger partial charge in [0.25, 0.3) is 0 Å². The average Bonchev–Trinajstić information content (AvgIpc) is 2.93. The largest absolute Gasteiger partial charge is 0.357 e. The second-order valence-corrected chi connectivity index (χ2v) is 7.90. The van der Waals surface area contributed by atoms with Crippen LogP contribution in [-0.4, -0.2) is 36.0 Å². The predicted molar refractivity (Wildman–Crippen MR) is 118 cm³/mol. The number of aryl methyl sites for hydroxylation is 1. The molecule has 2 aromatic heterocycles. The van der Waals surface area contributed by atoms with Crippen molar-refractivity contribution < 1.29 is 0 Å². The van der Waals surface area contributed by atoms with E-state index in [1.165, 1.54) is 10.4 Å². The summed E-state index contributed by atoms with van der Waals surface area (Å²) in [6.45, 7) is 6.57. The fourth-order valence-corrected chi connectivity index (χ4v) is 3.69. The topological polar surface area (TPSA) is 40.5 Å². The molecular weight excluding hydrogens is 499 g/mol. The molecule has 2 aromatic rings. The van der Waals surface area contributed by atoms with E-state index in [0.717, 1.165) is 41.5 Å². The van der Waals surface area contributed by atoms with E-state index in [2.05, 4.69) is 63.3 Å². The van der Waals surface area contributed by atoms with Gasteiger partial charge in [0.15, 0.2) is 5.96 Å². The van der Waals surface area contributed by atoms with Crippen LogP contribution >= 0.6 is 51.2 Å². The van der Waals surface area contributed by atoms with Crippen LogP contribution in [0, 0.1) is 6.92 Å². The van der Waals surface area contributed by atoms with E-state index in [9.17, 15) is 0 Å². The fraction of sp³-hybridized carbons (Fsp3) is 0.412. The molecule has 1 N–H and O–H groups in total. The Bertz CT molecular complexity index is 642. The van der Waals surface area contributed by atoms with Gasteiger partial charge < -0.3 is 10.2 Å². The Hall–Kier alpha value is -0.670. The van der Waals surface area contributed by atoms with Crippen LogP contribution in [0.3, 0.4) is 0 Å². The third-order valence-corrected chi connectivity index (χ3v) is 4.96. The highest BCUT2D eigenvalue weighted by atomic mass is 127. The zero-order chi connectivity index (χ0) is 16.7. The van der Waals surface area contributed by atoms with Crippen LogP contribution in [0.25, 0.3) is 0 Å². The summed E-state index contributed by atoms with van der Waals surface area (Å²) in [5.41, 5.74) is 2.27. The van der Waals surface area contributed by atoms with Crippen LogP contribution in [0.5, 0.6) is 0 Å². The molecule has 132 valence electrons. The van der Waals surface area contributed by atoms with Crippen LogP contribution in [0.4, 0.5) is 0 Å². The third kappa shape index (κ3) is 7.06. The first kappa shape index (κ1) is 21.4. The van der Waals surface area contributed by atoms with Gasteiger partial charge in [-0.15, -0.1) is 35.3 Å². The van der Waals surface area contributed by atoms with Crippen LogP contribution in [-0.2, 0) is 13.0 Å². The lowest BCUT2D eigenvalue weighted by atomic mass is 10.2. The molecule has 0 unspecified atom stereocenters. The van der Waals surface area contributed by atoms with E-state index < -0.39 is 0 Å². The molecule has 7 heteroatoms. The molecule has 0 aliphatic heterocycles. The maximum Gasteiger partial charge on any atom is 0.193 e. The first-order valence-electron chi connectivity index (χ1n) is 7.73. The van der Waals surface area contributed by atoms with Crippen molar-refractivity contribution in [1.82, 2.24) is 15.2 Å². The molecule has 24 heavy (non-hydrogen) atoms. The average molecular weight is 523 g/mol. The minimum Gasteiger partial charge on any atom is -0.357 e. The summed E-state index contributed by atoms with van der Waals surface area (Å²) < 4.78 is 1.16. The van der Waals surface area contributed by atoms with E-state index in [1.54, 1.807) is 11.3 Å². The molecule has 0 aliphatic rings. The number of aliphatic imine (C=N–C) groups is 1. The first-order chi connectivity index (χ1) is 11.1. The van der Waals surface area contributed by atoms with E-state index in [0.29, 0.717) is 0 Å².